The number of carboxylic acid groups (broad SMARTS) is 2. The van der Waals surface area contributed by atoms with Crippen molar-refractivity contribution in [3.05, 3.63) is 27.2 Å². The molecule has 0 spiro atoms. The van der Waals surface area contributed by atoms with E-state index in [0.29, 0.717) is 12.8 Å². The summed E-state index contributed by atoms with van der Waals surface area (Å²) in [6, 6.07) is 0. The molecular formula is C37H68N4O6. The number of aliphatic carboxylic acids is 2. The Balaban J connectivity index is 0.000000693. The van der Waals surface area contributed by atoms with Gasteiger partial charge in [0.25, 0.3) is 5.56 Å². The summed E-state index contributed by atoms with van der Waals surface area (Å²) in [6.45, 7) is 4.52. The first kappa shape index (κ1) is 44.1. The predicted octanol–water partition coefficient (Wildman–Crippen LogP) is 10.0. The maximum absolute atomic E-state index is 10.9. The van der Waals surface area contributed by atoms with Gasteiger partial charge in [-0.15, -0.1) is 0 Å². The summed E-state index contributed by atoms with van der Waals surface area (Å²) in [5, 5.41) is 17.0. The fourth-order valence-corrected chi connectivity index (χ4v) is 5.45. The molecule has 0 bridgehead atoms. The molecule has 0 radical (unpaired) electrons. The molecule has 0 aliphatic heterocycles. The third-order valence-electron chi connectivity index (χ3n) is 8.31. The van der Waals surface area contributed by atoms with Crippen LogP contribution in [0.4, 0.5) is 0 Å². The highest BCUT2D eigenvalue weighted by Crippen LogP contribution is 2.14. The standard InChI is InChI=1S/2C16H32O2.C5H4N4O2/c2*1-2-3-4-5-6-7-8-9-10-11-12-13-14-15-16(17)18;10-4-2-3(7-1-6-2)8-5(11)9-4/h2*2-15H2,1H3,(H,17,18);1H,(H3,6,7,8,9,10,11). The zero-order chi connectivity index (χ0) is 34.8. The Morgan fingerprint density at radius 1 is 0.532 bits per heavy atom. The van der Waals surface area contributed by atoms with Crippen LogP contribution in [0.1, 0.15) is 194 Å². The van der Waals surface area contributed by atoms with Crippen molar-refractivity contribution in [2.45, 2.75) is 194 Å². The highest BCUT2D eigenvalue weighted by atomic mass is 16.4. The number of unbranched alkanes of at least 4 members (excludes halogenated alkanes) is 24. The summed E-state index contributed by atoms with van der Waals surface area (Å²) in [5.41, 5.74) is -0.445. The van der Waals surface area contributed by atoms with Crippen LogP contribution in [0.2, 0.25) is 0 Å². The van der Waals surface area contributed by atoms with Crippen LogP contribution < -0.4 is 11.2 Å². The number of carbonyl (C=O) groups is 2. The van der Waals surface area contributed by atoms with Crippen molar-refractivity contribution in [1.82, 2.24) is 19.9 Å². The Labute approximate surface area is 283 Å². The van der Waals surface area contributed by atoms with Gasteiger partial charge in [-0.1, -0.05) is 168 Å². The fraction of sp³-hybridized carbons (Fsp3) is 0.811. The number of aromatic nitrogens is 4. The van der Waals surface area contributed by atoms with E-state index in [1.807, 2.05) is 0 Å². The van der Waals surface area contributed by atoms with Crippen molar-refractivity contribution in [3.8, 4) is 0 Å². The van der Waals surface area contributed by atoms with E-state index in [1.54, 1.807) is 0 Å². The number of nitrogens with one attached hydrogen (secondary N) is 3. The summed E-state index contributed by atoms with van der Waals surface area (Å²) in [7, 11) is 0. The molecule has 0 aromatic carbocycles. The zero-order valence-corrected chi connectivity index (χ0v) is 29.9. The lowest BCUT2D eigenvalue weighted by Gasteiger charge is -2.02. The minimum atomic E-state index is -0.655. The summed E-state index contributed by atoms with van der Waals surface area (Å²) in [5.74, 6) is -1.31. The van der Waals surface area contributed by atoms with Crippen molar-refractivity contribution in [1.29, 1.82) is 0 Å². The normalized spacial score (nSPS) is 10.7. The summed E-state index contributed by atoms with van der Waals surface area (Å²) < 4.78 is 0. The molecule has 2 heterocycles. The van der Waals surface area contributed by atoms with Gasteiger partial charge in [0.2, 0.25) is 0 Å². The monoisotopic (exact) mass is 665 g/mol. The third kappa shape index (κ3) is 30.2. The zero-order valence-electron chi connectivity index (χ0n) is 29.9. The molecule has 0 aliphatic rings. The molecule has 0 fully saturated rings. The van der Waals surface area contributed by atoms with E-state index < -0.39 is 23.2 Å². The molecule has 47 heavy (non-hydrogen) atoms. The van der Waals surface area contributed by atoms with Crippen LogP contribution in [0, 0.1) is 0 Å². The highest BCUT2D eigenvalue weighted by molar-refractivity contribution is 5.67. The molecular weight excluding hydrogens is 596 g/mol. The average Bonchev–Trinajstić information content (AvgIpc) is 3.51. The van der Waals surface area contributed by atoms with E-state index in [0.717, 1.165) is 25.7 Å². The van der Waals surface area contributed by atoms with E-state index in [2.05, 4.69) is 33.8 Å². The first-order valence-electron chi connectivity index (χ1n) is 18.9. The number of nitrogens with zero attached hydrogens (tertiary/aromatic N) is 1. The SMILES string of the molecule is CCCCCCCCCCCCCCCC(=O)O.CCCCCCCCCCCCCCCC(=O)O.O=c1[nH]c(=O)c2[nH]cnc2[nH]1. The number of carboxylic acids is 2. The number of fused-ring (bicyclic) bond motifs is 1. The Bertz CT molecular complexity index is 1070. The molecule has 0 atom stereocenters. The van der Waals surface area contributed by atoms with Gasteiger partial charge >= 0.3 is 17.6 Å². The van der Waals surface area contributed by atoms with Gasteiger partial charge in [-0.25, -0.2) is 9.78 Å². The number of H-pyrrole nitrogens is 3. The van der Waals surface area contributed by atoms with Crippen molar-refractivity contribution in [2.24, 2.45) is 0 Å². The topological polar surface area (TPSA) is 169 Å². The number of aromatic amines is 3. The lowest BCUT2D eigenvalue weighted by atomic mass is 10.0. The van der Waals surface area contributed by atoms with E-state index in [1.165, 1.54) is 148 Å². The summed E-state index contributed by atoms with van der Waals surface area (Å²) in [4.78, 5) is 52.9. The molecule has 0 amide bonds. The van der Waals surface area contributed by atoms with Crippen molar-refractivity contribution >= 4 is 23.1 Å². The number of imidazole rings is 1. The van der Waals surface area contributed by atoms with E-state index >= 15 is 0 Å². The molecule has 272 valence electrons. The molecule has 0 saturated carbocycles. The van der Waals surface area contributed by atoms with Gasteiger partial charge in [-0.2, -0.15) is 0 Å². The van der Waals surface area contributed by atoms with Crippen LogP contribution in [0.15, 0.2) is 15.9 Å². The smallest absolute Gasteiger partial charge is 0.327 e. The number of rotatable bonds is 28. The third-order valence-corrected chi connectivity index (χ3v) is 8.31. The average molecular weight is 665 g/mol. The van der Waals surface area contributed by atoms with Gasteiger partial charge in [0.1, 0.15) is 5.52 Å². The molecule has 0 unspecified atom stereocenters. The molecule has 2 aromatic heterocycles. The van der Waals surface area contributed by atoms with Gasteiger partial charge < -0.3 is 15.2 Å². The predicted molar refractivity (Wildman–Crippen MR) is 193 cm³/mol. The Morgan fingerprint density at radius 2 is 0.851 bits per heavy atom. The molecule has 2 aromatic rings. The second-order valence-corrected chi connectivity index (χ2v) is 12.8. The fourth-order valence-electron chi connectivity index (χ4n) is 5.45. The van der Waals surface area contributed by atoms with Crippen LogP contribution in [-0.4, -0.2) is 42.1 Å². The van der Waals surface area contributed by atoms with Crippen molar-refractivity contribution in [3.63, 3.8) is 0 Å². The molecule has 10 nitrogen and oxygen atoms in total. The van der Waals surface area contributed by atoms with Crippen LogP contribution in [0.25, 0.3) is 11.2 Å². The van der Waals surface area contributed by atoms with Crippen molar-refractivity contribution < 1.29 is 19.8 Å². The van der Waals surface area contributed by atoms with Gasteiger partial charge in [0.15, 0.2) is 5.65 Å². The van der Waals surface area contributed by atoms with Crippen LogP contribution in [-0.2, 0) is 9.59 Å². The van der Waals surface area contributed by atoms with E-state index in [-0.39, 0.29) is 11.2 Å². The van der Waals surface area contributed by atoms with Crippen molar-refractivity contribution in [2.75, 3.05) is 0 Å². The minimum absolute atomic E-state index is 0.277. The molecule has 10 heteroatoms. The maximum Gasteiger partial charge on any atom is 0.327 e. The van der Waals surface area contributed by atoms with Gasteiger partial charge in [0, 0.05) is 12.8 Å². The van der Waals surface area contributed by atoms with Crippen LogP contribution in [0.5, 0.6) is 0 Å². The maximum atomic E-state index is 10.9. The second kappa shape index (κ2) is 33.0. The van der Waals surface area contributed by atoms with Crippen LogP contribution >= 0.6 is 0 Å². The van der Waals surface area contributed by atoms with Gasteiger partial charge in [0.05, 0.1) is 6.33 Å². The summed E-state index contributed by atoms with van der Waals surface area (Å²) >= 11 is 0. The summed E-state index contributed by atoms with van der Waals surface area (Å²) in [6.07, 6.45) is 35.9. The lowest BCUT2D eigenvalue weighted by molar-refractivity contribution is -0.138. The van der Waals surface area contributed by atoms with Gasteiger partial charge in [-0.05, 0) is 12.8 Å². The Morgan fingerprint density at radius 3 is 1.17 bits per heavy atom. The first-order valence-corrected chi connectivity index (χ1v) is 18.9. The molecule has 0 aliphatic carbocycles. The second-order valence-electron chi connectivity index (χ2n) is 12.8. The van der Waals surface area contributed by atoms with E-state index in [4.69, 9.17) is 10.2 Å². The Hall–Kier alpha value is -2.91. The van der Waals surface area contributed by atoms with E-state index in [9.17, 15) is 19.2 Å². The molecule has 5 N–H and O–H groups in total. The minimum Gasteiger partial charge on any atom is -0.481 e. The molecule has 0 saturated heterocycles. The highest BCUT2D eigenvalue weighted by Gasteiger charge is 2.00. The first-order chi connectivity index (χ1) is 22.8. The van der Waals surface area contributed by atoms with Gasteiger partial charge in [-0.3, -0.25) is 24.4 Å². The number of hydrogen-bond acceptors (Lipinski definition) is 5. The largest absolute Gasteiger partial charge is 0.481 e. The quantitative estimate of drug-likeness (QED) is 0.0564. The molecule has 2 rings (SSSR count). The Kier molecular flexibility index (Phi) is 31.0. The van der Waals surface area contributed by atoms with Crippen LogP contribution in [0.3, 0.4) is 0 Å². The lowest BCUT2D eigenvalue weighted by Crippen LogP contribution is -2.21. The number of hydrogen-bond donors (Lipinski definition) is 5.